The second-order valence-electron chi connectivity index (χ2n) is 6.07. The van der Waals surface area contributed by atoms with Crippen molar-refractivity contribution in [3.63, 3.8) is 0 Å². The summed E-state index contributed by atoms with van der Waals surface area (Å²) in [6, 6.07) is 10.4. The fourth-order valence-electron chi connectivity index (χ4n) is 2.86. The molecule has 0 aliphatic carbocycles. The van der Waals surface area contributed by atoms with E-state index >= 15 is 0 Å². The van der Waals surface area contributed by atoms with Crippen molar-refractivity contribution >= 4 is 31.6 Å². The van der Waals surface area contributed by atoms with Crippen molar-refractivity contribution in [2.45, 2.75) is 16.2 Å². The smallest absolute Gasteiger partial charge is 0.207 e. The fourth-order valence-corrected chi connectivity index (χ4v) is 5.93. The number of nitrogens with zero attached hydrogens (tertiary/aromatic N) is 2. The highest BCUT2D eigenvalue weighted by atomic mass is 35.5. The van der Waals surface area contributed by atoms with Crippen molar-refractivity contribution in [1.82, 2.24) is 8.61 Å². The maximum atomic E-state index is 13.1. The first kappa shape index (κ1) is 20.2. The number of sulfonamides is 2. The Kier molecular flexibility index (Phi) is 5.87. The van der Waals surface area contributed by atoms with E-state index in [1.165, 1.54) is 45.0 Å². The molecule has 10 heteroatoms. The van der Waals surface area contributed by atoms with Crippen LogP contribution < -0.4 is 0 Å². The van der Waals surface area contributed by atoms with E-state index in [1.807, 2.05) is 0 Å². The highest BCUT2D eigenvalue weighted by Gasteiger charge is 2.31. The van der Waals surface area contributed by atoms with Crippen LogP contribution in [-0.4, -0.2) is 51.6 Å². The number of benzene rings is 2. The minimum Gasteiger partial charge on any atom is -0.207 e. The second kappa shape index (κ2) is 7.84. The first-order valence-corrected chi connectivity index (χ1v) is 11.5. The lowest BCUT2D eigenvalue weighted by Gasteiger charge is -2.21. The van der Waals surface area contributed by atoms with Crippen LogP contribution in [0.1, 0.15) is 6.42 Å². The molecule has 146 valence electrons. The third-order valence-electron chi connectivity index (χ3n) is 4.32. The standard InChI is InChI=1S/C17H18ClFN2O4S2/c18-14-2-6-16(7-3-14)26(22,23)20-10-1-11-21(13-12-20)27(24,25)17-8-4-15(19)5-9-17/h2-9H,1,10-13H2. The minimum atomic E-state index is -3.81. The summed E-state index contributed by atoms with van der Waals surface area (Å²) in [5.74, 6) is -0.523. The van der Waals surface area contributed by atoms with Gasteiger partial charge in [-0.1, -0.05) is 11.6 Å². The zero-order chi connectivity index (χ0) is 19.7. The predicted molar refractivity (Wildman–Crippen MR) is 100.0 cm³/mol. The summed E-state index contributed by atoms with van der Waals surface area (Å²) in [5.41, 5.74) is 0. The van der Waals surface area contributed by atoms with Gasteiger partial charge in [0, 0.05) is 31.2 Å². The number of halogens is 2. The molecule has 0 amide bonds. The van der Waals surface area contributed by atoms with Crippen LogP contribution in [0.5, 0.6) is 0 Å². The topological polar surface area (TPSA) is 74.8 Å². The lowest BCUT2D eigenvalue weighted by Crippen LogP contribution is -2.37. The van der Waals surface area contributed by atoms with Crippen molar-refractivity contribution in [2.24, 2.45) is 0 Å². The quantitative estimate of drug-likeness (QED) is 0.744. The fraction of sp³-hybridized carbons (Fsp3) is 0.294. The summed E-state index contributed by atoms with van der Waals surface area (Å²) in [7, 11) is -7.55. The third-order valence-corrected chi connectivity index (χ3v) is 8.39. The highest BCUT2D eigenvalue weighted by molar-refractivity contribution is 7.89. The van der Waals surface area contributed by atoms with E-state index in [1.54, 1.807) is 0 Å². The zero-order valence-electron chi connectivity index (χ0n) is 14.3. The lowest BCUT2D eigenvalue weighted by molar-refractivity contribution is 0.404. The molecule has 0 unspecified atom stereocenters. The molecule has 27 heavy (non-hydrogen) atoms. The van der Waals surface area contributed by atoms with E-state index in [4.69, 9.17) is 11.6 Å². The molecule has 0 atom stereocenters. The van der Waals surface area contributed by atoms with E-state index < -0.39 is 25.9 Å². The SMILES string of the molecule is O=S(=O)(c1ccc(F)cc1)N1CCCN(S(=O)(=O)c2ccc(Cl)cc2)CC1. The van der Waals surface area contributed by atoms with Crippen LogP contribution in [0.3, 0.4) is 0 Å². The van der Waals surface area contributed by atoms with E-state index in [9.17, 15) is 21.2 Å². The van der Waals surface area contributed by atoms with Crippen molar-refractivity contribution in [3.8, 4) is 0 Å². The molecule has 1 saturated heterocycles. The zero-order valence-corrected chi connectivity index (χ0v) is 16.6. The minimum absolute atomic E-state index is 0.0158. The molecule has 1 aliphatic rings. The predicted octanol–water partition coefficient (Wildman–Crippen LogP) is 2.56. The summed E-state index contributed by atoms with van der Waals surface area (Å²) in [5, 5.41) is 0.432. The molecule has 1 heterocycles. The molecule has 0 bridgehead atoms. The maximum Gasteiger partial charge on any atom is 0.243 e. The van der Waals surface area contributed by atoms with Crippen LogP contribution in [0.4, 0.5) is 4.39 Å². The first-order chi connectivity index (χ1) is 12.7. The molecular formula is C17H18ClFN2O4S2. The number of hydrogen-bond donors (Lipinski definition) is 0. The van der Waals surface area contributed by atoms with Crippen LogP contribution in [-0.2, 0) is 20.0 Å². The molecule has 1 aliphatic heterocycles. The first-order valence-electron chi connectivity index (χ1n) is 8.23. The van der Waals surface area contributed by atoms with E-state index in [-0.39, 0.29) is 36.0 Å². The Morgan fingerprint density at radius 3 is 1.56 bits per heavy atom. The van der Waals surface area contributed by atoms with Crippen LogP contribution >= 0.6 is 11.6 Å². The monoisotopic (exact) mass is 432 g/mol. The molecule has 2 aromatic carbocycles. The summed E-state index contributed by atoms with van der Waals surface area (Å²) in [4.78, 5) is 0.0969. The Morgan fingerprint density at radius 1 is 0.704 bits per heavy atom. The van der Waals surface area contributed by atoms with Crippen molar-refractivity contribution in [1.29, 1.82) is 0 Å². The van der Waals surface area contributed by atoms with E-state index in [2.05, 4.69) is 0 Å². The molecule has 6 nitrogen and oxygen atoms in total. The highest BCUT2D eigenvalue weighted by Crippen LogP contribution is 2.22. The molecule has 0 N–H and O–H groups in total. The summed E-state index contributed by atoms with van der Waals surface area (Å²) < 4.78 is 66.6. The van der Waals surface area contributed by atoms with Gasteiger partial charge in [0.15, 0.2) is 0 Å². The van der Waals surface area contributed by atoms with Gasteiger partial charge in [-0.25, -0.2) is 21.2 Å². The molecule has 2 aromatic rings. The number of hydrogen-bond acceptors (Lipinski definition) is 4. The molecule has 3 rings (SSSR count). The number of rotatable bonds is 4. The summed E-state index contributed by atoms with van der Waals surface area (Å²) >= 11 is 5.81. The van der Waals surface area contributed by atoms with Gasteiger partial charge in [0.05, 0.1) is 9.79 Å². The molecule has 0 radical (unpaired) electrons. The average molecular weight is 433 g/mol. The van der Waals surface area contributed by atoms with Crippen molar-refractivity contribution in [2.75, 3.05) is 26.2 Å². The van der Waals surface area contributed by atoms with Crippen LogP contribution in [0.2, 0.25) is 5.02 Å². The lowest BCUT2D eigenvalue weighted by atomic mass is 10.4. The third kappa shape index (κ3) is 4.33. The second-order valence-corrected chi connectivity index (χ2v) is 10.4. The van der Waals surface area contributed by atoms with Gasteiger partial charge in [0.2, 0.25) is 20.0 Å². The van der Waals surface area contributed by atoms with Crippen LogP contribution in [0.25, 0.3) is 0 Å². The largest absolute Gasteiger partial charge is 0.243 e. The van der Waals surface area contributed by atoms with Gasteiger partial charge in [-0.2, -0.15) is 8.61 Å². The molecule has 0 spiro atoms. The van der Waals surface area contributed by atoms with Crippen LogP contribution in [0, 0.1) is 5.82 Å². The van der Waals surface area contributed by atoms with Gasteiger partial charge < -0.3 is 0 Å². The normalized spacial score (nSPS) is 17.6. The summed E-state index contributed by atoms with van der Waals surface area (Å²) in [6.07, 6.45) is 0.354. The Morgan fingerprint density at radius 2 is 1.11 bits per heavy atom. The van der Waals surface area contributed by atoms with Gasteiger partial charge in [0.25, 0.3) is 0 Å². The molecular weight excluding hydrogens is 415 g/mol. The van der Waals surface area contributed by atoms with Gasteiger partial charge in [-0.3, -0.25) is 0 Å². The van der Waals surface area contributed by atoms with Gasteiger partial charge in [-0.05, 0) is 55.0 Å². The Hall–Kier alpha value is -1.52. The Balaban J connectivity index is 1.79. The van der Waals surface area contributed by atoms with Gasteiger partial charge >= 0.3 is 0 Å². The maximum absolute atomic E-state index is 13.1. The van der Waals surface area contributed by atoms with E-state index in [0.29, 0.717) is 11.4 Å². The average Bonchev–Trinajstić information content (AvgIpc) is 2.90. The molecule has 0 saturated carbocycles. The van der Waals surface area contributed by atoms with Gasteiger partial charge in [-0.15, -0.1) is 0 Å². The van der Waals surface area contributed by atoms with Crippen molar-refractivity contribution < 1.29 is 21.2 Å². The van der Waals surface area contributed by atoms with Crippen LogP contribution in [0.15, 0.2) is 58.3 Å². The molecule has 1 fully saturated rings. The Bertz CT molecular complexity index is 926. The molecule has 0 aromatic heterocycles. The van der Waals surface area contributed by atoms with E-state index in [0.717, 1.165) is 12.1 Å². The van der Waals surface area contributed by atoms with Crippen molar-refractivity contribution in [3.05, 3.63) is 59.4 Å². The Labute approximate surface area is 163 Å². The summed E-state index contributed by atoms with van der Waals surface area (Å²) in [6.45, 7) is 0.449. The van der Waals surface area contributed by atoms with Gasteiger partial charge in [0.1, 0.15) is 5.82 Å².